The highest BCUT2D eigenvalue weighted by atomic mass is 16.5. The second kappa shape index (κ2) is 1.95. The van der Waals surface area contributed by atoms with Gasteiger partial charge in [0.1, 0.15) is 0 Å². The molecule has 0 amide bonds. The highest BCUT2D eigenvalue weighted by Crippen LogP contribution is 2.37. The average Bonchev–Trinajstić information content (AvgIpc) is 2.36. The lowest BCUT2D eigenvalue weighted by molar-refractivity contribution is 0.147. The minimum absolute atomic E-state index is 0.459. The van der Waals surface area contributed by atoms with E-state index < -0.39 is 0 Å². The van der Waals surface area contributed by atoms with E-state index in [4.69, 9.17) is 4.74 Å². The van der Waals surface area contributed by atoms with E-state index in [-0.39, 0.29) is 0 Å². The molecule has 2 rings (SSSR count). The summed E-state index contributed by atoms with van der Waals surface area (Å²) in [6, 6.07) is 0.648. The fraction of sp³-hybridized carbons (Fsp3) is 1.00. The molecule has 0 aromatic carbocycles. The molecular formula is C8H15NO. The second-order valence-corrected chi connectivity index (χ2v) is 4.12. The van der Waals surface area contributed by atoms with E-state index in [9.17, 15) is 0 Å². The summed E-state index contributed by atoms with van der Waals surface area (Å²) in [6.45, 7) is 7.68. The summed E-state index contributed by atoms with van der Waals surface area (Å²) in [5.74, 6) is 0.757. The largest absolute Gasteiger partial charge is 0.379 e. The van der Waals surface area contributed by atoms with Crippen molar-refractivity contribution >= 4 is 0 Å². The molecule has 0 aliphatic carbocycles. The number of hydrogen-bond donors (Lipinski definition) is 1. The molecule has 2 unspecified atom stereocenters. The molecule has 10 heavy (non-hydrogen) atoms. The van der Waals surface area contributed by atoms with Crippen LogP contribution in [0.1, 0.15) is 13.8 Å². The molecular weight excluding hydrogens is 126 g/mol. The van der Waals surface area contributed by atoms with Gasteiger partial charge in [-0.2, -0.15) is 0 Å². The molecule has 2 fully saturated rings. The Bertz CT molecular complexity index is 144. The van der Waals surface area contributed by atoms with Crippen LogP contribution < -0.4 is 5.32 Å². The summed E-state index contributed by atoms with van der Waals surface area (Å²) < 4.78 is 5.38. The minimum atomic E-state index is 0.459. The van der Waals surface area contributed by atoms with Gasteiger partial charge in [0.25, 0.3) is 0 Å². The van der Waals surface area contributed by atoms with E-state index >= 15 is 0 Å². The Balaban J connectivity index is 2.16. The van der Waals surface area contributed by atoms with Gasteiger partial charge in [-0.25, -0.2) is 0 Å². The lowest BCUT2D eigenvalue weighted by Gasteiger charge is -2.22. The van der Waals surface area contributed by atoms with Gasteiger partial charge < -0.3 is 10.1 Å². The van der Waals surface area contributed by atoms with Crippen molar-refractivity contribution in [2.24, 2.45) is 11.3 Å². The maximum Gasteiger partial charge on any atom is 0.0623 e. The van der Waals surface area contributed by atoms with Crippen molar-refractivity contribution in [3.63, 3.8) is 0 Å². The summed E-state index contributed by atoms with van der Waals surface area (Å²) in [6.07, 6.45) is 0. The van der Waals surface area contributed by atoms with Gasteiger partial charge in [0.15, 0.2) is 0 Å². The Kier molecular flexibility index (Phi) is 1.29. The first-order chi connectivity index (χ1) is 4.70. The van der Waals surface area contributed by atoms with E-state index in [2.05, 4.69) is 19.2 Å². The highest BCUT2D eigenvalue weighted by Gasteiger charge is 2.44. The van der Waals surface area contributed by atoms with Crippen molar-refractivity contribution < 1.29 is 4.74 Å². The predicted octanol–water partition coefficient (Wildman–Crippen LogP) is 0.631. The van der Waals surface area contributed by atoms with Gasteiger partial charge in [-0.1, -0.05) is 13.8 Å². The van der Waals surface area contributed by atoms with Crippen LogP contribution in [0.4, 0.5) is 0 Å². The molecule has 2 heteroatoms. The molecule has 0 saturated carbocycles. The van der Waals surface area contributed by atoms with Crippen LogP contribution in [0.5, 0.6) is 0 Å². The maximum atomic E-state index is 5.38. The van der Waals surface area contributed by atoms with Crippen LogP contribution in [0, 0.1) is 11.3 Å². The molecule has 0 aromatic rings. The van der Waals surface area contributed by atoms with Gasteiger partial charge in [-0.15, -0.1) is 0 Å². The quantitative estimate of drug-likeness (QED) is 0.534. The molecule has 2 saturated heterocycles. The third-order valence-electron chi connectivity index (χ3n) is 2.90. The number of ether oxygens (including phenoxy) is 1. The van der Waals surface area contributed by atoms with Crippen LogP contribution in [0.2, 0.25) is 0 Å². The van der Waals surface area contributed by atoms with Crippen molar-refractivity contribution in [1.29, 1.82) is 0 Å². The molecule has 0 bridgehead atoms. The Labute approximate surface area is 61.9 Å². The van der Waals surface area contributed by atoms with Gasteiger partial charge in [0.2, 0.25) is 0 Å². The van der Waals surface area contributed by atoms with E-state index in [1.54, 1.807) is 0 Å². The fourth-order valence-corrected chi connectivity index (χ4v) is 2.05. The number of rotatable bonds is 0. The number of fused-ring (bicyclic) bond motifs is 1. The van der Waals surface area contributed by atoms with Gasteiger partial charge in [0, 0.05) is 18.5 Å². The Morgan fingerprint density at radius 3 is 2.90 bits per heavy atom. The first kappa shape index (κ1) is 6.62. The maximum absolute atomic E-state index is 5.38. The zero-order valence-corrected chi connectivity index (χ0v) is 6.68. The van der Waals surface area contributed by atoms with Gasteiger partial charge in [-0.3, -0.25) is 0 Å². The van der Waals surface area contributed by atoms with Crippen LogP contribution in [0.25, 0.3) is 0 Å². The summed E-state index contributed by atoms with van der Waals surface area (Å²) in [7, 11) is 0. The van der Waals surface area contributed by atoms with Crippen LogP contribution in [0.3, 0.4) is 0 Å². The van der Waals surface area contributed by atoms with Gasteiger partial charge in [-0.05, 0) is 5.41 Å². The molecule has 2 heterocycles. The molecule has 1 N–H and O–H groups in total. The molecule has 2 aliphatic heterocycles. The lowest BCUT2D eigenvalue weighted by atomic mass is 9.80. The monoisotopic (exact) mass is 141 g/mol. The van der Waals surface area contributed by atoms with Crippen LogP contribution in [0.15, 0.2) is 0 Å². The first-order valence-electron chi connectivity index (χ1n) is 4.01. The fourth-order valence-electron chi connectivity index (χ4n) is 2.05. The SMILES string of the molecule is CC1(C)CNC2COCC21. The topological polar surface area (TPSA) is 21.3 Å². The van der Waals surface area contributed by atoms with Crippen molar-refractivity contribution in [3.8, 4) is 0 Å². The first-order valence-corrected chi connectivity index (χ1v) is 4.01. The molecule has 0 spiro atoms. The zero-order valence-electron chi connectivity index (χ0n) is 6.68. The average molecular weight is 141 g/mol. The lowest BCUT2D eigenvalue weighted by Crippen LogP contribution is -2.26. The van der Waals surface area contributed by atoms with Crippen molar-refractivity contribution in [3.05, 3.63) is 0 Å². The van der Waals surface area contributed by atoms with Crippen molar-refractivity contribution in [2.45, 2.75) is 19.9 Å². The molecule has 0 aromatic heterocycles. The summed E-state index contributed by atoms with van der Waals surface area (Å²) >= 11 is 0. The smallest absolute Gasteiger partial charge is 0.0623 e. The van der Waals surface area contributed by atoms with Crippen molar-refractivity contribution in [1.82, 2.24) is 5.32 Å². The van der Waals surface area contributed by atoms with E-state index in [0.717, 1.165) is 25.7 Å². The van der Waals surface area contributed by atoms with E-state index in [0.29, 0.717) is 11.5 Å². The standard InChI is InChI=1S/C8H15NO/c1-8(2)5-9-7-4-10-3-6(7)8/h6-7,9H,3-5H2,1-2H3. The third-order valence-corrected chi connectivity index (χ3v) is 2.90. The van der Waals surface area contributed by atoms with Crippen LogP contribution in [-0.4, -0.2) is 25.8 Å². The summed E-state index contributed by atoms with van der Waals surface area (Å²) in [4.78, 5) is 0. The molecule has 58 valence electrons. The molecule has 2 aliphatic rings. The molecule has 2 atom stereocenters. The van der Waals surface area contributed by atoms with Crippen LogP contribution >= 0.6 is 0 Å². The van der Waals surface area contributed by atoms with Gasteiger partial charge >= 0.3 is 0 Å². The normalized spacial score (nSPS) is 43.8. The Morgan fingerprint density at radius 2 is 2.20 bits per heavy atom. The van der Waals surface area contributed by atoms with Crippen LogP contribution in [-0.2, 0) is 4.74 Å². The summed E-state index contributed by atoms with van der Waals surface area (Å²) in [5.41, 5.74) is 0.459. The van der Waals surface area contributed by atoms with Crippen molar-refractivity contribution in [2.75, 3.05) is 19.8 Å². The Morgan fingerprint density at radius 1 is 1.40 bits per heavy atom. The van der Waals surface area contributed by atoms with E-state index in [1.165, 1.54) is 0 Å². The highest BCUT2D eigenvalue weighted by molar-refractivity contribution is 4.98. The third kappa shape index (κ3) is 0.789. The number of nitrogens with one attached hydrogen (secondary N) is 1. The minimum Gasteiger partial charge on any atom is -0.379 e. The Hall–Kier alpha value is -0.0800. The van der Waals surface area contributed by atoms with Gasteiger partial charge in [0.05, 0.1) is 13.2 Å². The number of hydrogen-bond acceptors (Lipinski definition) is 2. The zero-order chi connectivity index (χ0) is 7.19. The summed E-state index contributed by atoms with van der Waals surface area (Å²) in [5, 5.41) is 3.48. The second-order valence-electron chi connectivity index (χ2n) is 4.12. The predicted molar refractivity (Wildman–Crippen MR) is 39.9 cm³/mol. The molecule has 0 radical (unpaired) electrons. The molecule has 2 nitrogen and oxygen atoms in total. The van der Waals surface area contributed by atoms with E-state index in [1.807, 2.05) is 0 Å².